The molecule has 1 aromatic heterocycles. The molecule has 0 unspecified atom stereocenters. The van der Waals surface area contributed by atoms with Crippen LogP contribution in [0.5, 0.6) is 0 Å². The Balaban J connectivity index is 2.90. The van der Waals surface area contributed by atoms with Gasteiger partial charge in [0.25, 0.3) is 0 Å². The molecule has 0 radical (unpaired) electrons. The molecule has 0 bridgehead atoms. The Hall–Kier alpha value is -0.0200. The average molecular weight is 161 g/mol. The lowest BCUT2D eigenvalue weighted by Crippen LogP contribution is -1.87. The molecular weight excluding hydrogens is 150 g/mol. The minimum Gasteiger partial charge on any atom is -0.213 e. The third-order valence-corrected chi connectivity index (χ3v) is 4.63. The zero-order chi connectivity index (χ0) is 6.91. The lowest BCUT2D eigenvalue weighted by Gasteiger charge is -2.21. The topological polar surface area (TPSA) is 12.9 Å². The quantitative estimate of drug-likeness (QED) is 0.615. The van der Waals surface area contributed by atoms with Crippen molar-refractivity contribution in [3.05, 3.63) is 12.3 Å². The van der Waals surface area contributed by atoms with Crippen molar-refractivity contribution in [3.8, 4) is 0 Å². The first kappa shape index (κ1) is 7.09. The highest BCUT2D eigenvalue weighted by molar-refractivity contribution is 8.33. The predicted octanol–water partition coefficient (Wildman–Crippen LogP) is 2.20. The summed E-state index contributed by atoms with van der Waals surface area (Å²) >= 11 is 1.62. The Labute approximate surface area is 61.6 Å². The highest BCUT2D eigenvalue weighted by Gasteiger charge is 2.07. The van der Waals surface area contributed by atoms with Crippen LogP contribution in [0.1, 0.15) is 0 Å². The van der Waals surface area contributed by atoms with Gasteiger partial charge in [0.05, 0.1) is 4.21 Å². The van der Waals surface area contributed by atoms with E-state index in [9.17, 15) is 0 Å². The Morgan fingerprint density at radius 2 is 2.11 bits per heavy atom. The van der Waals surface area contributed by atoms with Crippen molar-refractivity contribution in [1.29, 1.82) is 0 Å². The molecule has 9 heavy (non-hydrogen) atoms. The molecule has 0 fully saturated rings. The first-order chi connectivity index (χ1) is 4.11. The maximum Gasteiger partial charge on any atom is 0.0629 e. The molecular formula is C6H11NS2. The van der Waals surface area contributed by atoms with Crippen molar-refractivity contribution in [2.75, 3.05) is 18.8 Å². The zero-order valence-corrected chi connectivity index (χ0v) is 7.55. The first-order valence-electron chi connectivity index (χ1n) is 2.70. The fraction of sp³-hybridized carbons (Fsp3) is 0.500. The summed E-state index contributed by atoms with van der Waals surface area (Å²) in [6.07, 6.45) is 8.71. The van der Waals surface area contributed by atoms with Gasteiger partial charge in [0.15, 0.2) is 0 Å². The van der Waals surface area contributed by atoms with Crippen LogP contribution in [0.4, 0.5) is 0 Å². The number of hydrogen-bond acceptors (Lipinski definition) is 2. The van der Waals surface area contributed by atoms with Gasteiger partial charge in [0.2, 0.25) is 0 Å². The summed E-state index contributed by atoms with van der Waals surface area (Å²) in [5, 5.41) is 0. The Kier molecular flexibility index (Phi) is 1.82. The van der Waals surface area contributed by atoms with E-state index in [0.717, 1.165) is 0 Å². The maximum atomic E-state index is 4.05. The molecule has 1 nitrogen and oxygen atoms in total. The monoisotopic (exact) mass is 161 g/mol. The minimum atomic E-state index is -0.503. The second-order valence-corrected chi connectivity index (χ2v) is 7.87. The molecule has 0 saturated heterocycles. The molecule has 0 amide bonds. The average Bonchev–Trinajstić information content (AvgIpc) is 2.08. The fourth-order valence-corrected chi connectivity index (χ4v) is 2.36. The number of nitrogens with zero attached hydrogens (tertiary/aromatic N) is 1. The van der Waals surface area contributed by atoms with Crippen molar-refractivity contribution in [3.63, 3.8) is 0 Å². The van der Waals surface area contributed by atoms with Crippen LogP contribution in [0.2, 0.25) is 0 Å². The molecule has 3 heteroatoms. The van der Waals surface area contributed by atoms with Crippen molar-refractivity contribution in [1.82, 2.24) is 4.37 Å². The third kappa shape index (κ3) is 1.69. The summed E-state index contributed by atoms with van der Waals surface area (Å²) in [7, 11) is -0.503. The summed E-state index contributed by atoms with van der Waals surface area (Å²) in [5.41, 5.74) is 0. The van der Waals surface area contributed by atoms with Gasteiger partial charge in [0, 0.05) is 6.20 Å². The molecule has 0 atom stereocenters. The highest BCUT2D eigenvalue weighted by Crippen LogP contribution is 2.46. The number of aromatic nitrogens is 1. The number of rotatable bonds is 1. The van der Waals surface area contributed by atoms with Crippen LogP contribution in [-0.4, -0.2) is 23.1 Å². The molecule has 0 saturated carbocycles. The van der Waals surface area contributed by atoms with E-state index >= 15 is 0 Å². The van der Waals surface area contributed by atoms with Gasteiger partial charge < -0.3 is 0 Å². The number of hydrogen-bond donors (Lipinski definition) is 0. The summed E-state index contributed by atoms with van der Waals surface area (Å²) in [6.45, 7) is 0. The van der Waals surface area contributed by atoms with Gasteiger partial charge in [-0.15, -0.1) is 0 Å². The zero-order valence-electron chi connectivity index (χ0n) is 5.92. The van der Waals surface area contributed by atoms with Crippen molar-refractivity contribution in [2.24, 2.45) is 0 Å². The van der Waals surface area contributed by atoms with E-state index in [1.807, 2.05) is 6.20 Å². The van der Waals surface area contributed by atoms with E-state index in [4.69, 9.17) is 0 Å². The highest BCUT2D eigenvalue weighted by atomic mass is 32.3. The van der Waals surface area contributed by atoms with E-state index < -0.39 is 10.0 Å². The van der Waals surface area contributed by atoms with E-state index in [2.05, 4.69) is 29.2 Å². The van der Waals surface area contributed by atoms with Crippen LogP contribution in [0.3, 0.4) is 0 Å². The lowest BCUT2D eigenvalue weighted by molar-refractivity contribution is 1.57. The van der Waals surface area contributed by atoms with Crippen LogP contribution in [-0.2, 0) is 0 Å². The summed E-state index contributed by atoms with van der Waals surface area (Å²) in [6, 6.07) is 2.11. The van der Waals surface area contributed by atoms with Crippen LogP contribution in [0.25, 0.3) is 0 Å². The second-order valence-electron chi connectivity index (χ2n) is 2.67. The summed E-state index contributed by atoms with van der Waals surface area (Å²) < 4.78 is 5.48. The van der Waals surface area contributed by atoms with E-state index in [1.165, 1.54) is 4.21 Å². The summed E-state index contributed by atoms with van der Waals surface area (Å²) in [4.78, 5) is 0. The van der Waals surface area contributed by atoms with Crippen molar-refractivity contribution < 1.29 is 0 Å². The van der Waals surface area contributed by atoms with E-state index in [1.54, 1.807) is 11.5 Å². The van der Waals surface area contributed by atoms with Crippen molar-refractivity contribution >= 4 is 21.6 Å². The van der Waals surface area contributed by atoms with Gasteiger partial charge in [-0.25, -0.2) is 14.4 Å². The normalized spacial score (nSPS) is 13.7. The predicted molar refractivity (Wildman–Crippen MR) is 45.7 cm³/mol. The largest absolute Gasteiger partial charge is 0.213 e. The van der Waals surface area contributed by atoms with Crippen LogP contribution >= 0.6 is 21.6 Å². The standard InChI is InChI=1S/C6H11NS2/c1-9(2,3)6-4-5-7-8-6/h4-5H,1-3H3. The van der Waals surface area contributed by atoms with Gasteiger partial charge in [-0.3, -0.25) is 0 Å². The molecule has 1 heterocycles. The maximum absolute atomic E-state index is 4.05. The minimum absolute atomic E-state index is 0.503. The Bertz CT molecular complexity index is 173. The third-order valence-electron chi connectivity index (χ3n) is 1.02. The van der Waals surface area contributed by atoms with E-state index in [0.29, 0.717) is 0 Å². The molecule has 0 N–H and O–H groups in total. The van der Waals surface area contributed by atoms with Gasteiger partial charge in [-0.05, 0) is 36.4 Å². The summed E-state index contributed by atoms with van der Waals surface area (Å²) in [5.74, 6) is 0. The van der Waals surface area contributed by atoms with Crippen LogP contribution in [0, 0.1) is 0 Å². The molecule has 0 aliphatic carbocycles. The fourth-order valence-electron chi connectivity index (χ4n) is 0.520. The van der Waals surface area contributed by atoms with Gasteiger partial charge in [-0.1, -0.05) is 0 Å². The molecule has 52 valence electrons. The van der Waals surface area contributed by atoms with Crippen LogP contribution < -0.4 is 0 Å². The first-order valence-corrected chi connectivity index (χ1v) is 6.33. The Morgan fingerprint density at radius 3 is 2.33 bits per heavy atom. The molecule has 1 rings (SSSR count). The molecule has 0 spiro atoms. The van der Waals surface area contributed by atoms with Gasteiger partial charge in [0.1, 0.15) is 0 Å². The molecule has 0 aromatic carbocycles. The SMILES string of the molecule is CS(C)(C)c1ccns1. The molecule has 0 aliphatic rings. The second kappa shape index (κ2) is 2.31. The van der Waals surface area contributed by atoms with Gasteiger partial charge in [-0.2, -0.15) is 0 Å². The lowest BCUT2D eigenvalue weighted by atomic mass is 10.8. The molecule has 1 aromatic rings. The van der Waals surface area contributed by atoms with Crippen molar-refractivity contribution in [2.45, 2.75) is 4.21 Å². The van der Waals surface area contributed by atoms with Crippen LogP contribution in [0.15, 0.2) is 16.5 Å². The van der Waals surface area contributed by atoms with E-state index in [-0.39, 0.29) is 0 Å². The Morgan fingerprint density at radius 1 is 1.44 bits per heavy atom. The van der Waals surface area contributed by atoms with Gasteiger partial charge >= 0.3 is 0 Å². The smallest absolute Gasteiger partial charge is 0.0629 e. The molecule has 0 aliphatic heterocycles.